The zero-order valence-corrected chi connectivity index (χ0v) is 19.2. The number of anilines is 1. The number of benzene rings is 2. The number of hydrogen-bond donors (Lipinski definition) is 0. The smallest absolute Gasteiger partial charge is 0.285 e. The number of halogens is 3. The summed E-state index contributed by atoms with van der Waals surface area (Å²) in [5.41, 5.74) is 0.520. The molecule has 0 N–H and O–H groups in total. The van der Waals surface area contributed by atoms with Crippen LogP contribution in [-0.2, 0) is 14.6 Å². The zero-order chi connectivity index (χ0) is 21.5. The van der Waals surface area contributed by atoms with Crippen molar-refractivity contribution in [2.24, 2.45) is 4.99 Å². The van der Waals surface area contributed by atoms with Crippen molar-refractivity contribution < 1.29 is 17.9 Å². The lowest BCUT2D eigenvalue weighted by molar-refractivity contribution is -0.119. The Morgan fingerprint density at radius 1 is 1.13 bits per heavy atom. The van der Waals surface area contributed by atoms with Gasteiger partial charge in [0.15, 0.2) is 21.6 Å². The van der Waals surface area contributed by atoms with Gasteiger partial charge in [-0.15, -0.1) is 0 Å². The predicted molar refractivity (Wildman–Crippen MR) is 122 cm³/mol. The lowest BCUT2D eigenvalue weighted by Gasteiger charge is -2.25. The second-order valence-electron chi connectivity index (χ2n) is 6.77. The molecule has 6 nitrogen and oxygen atoms in total. The van der Waals surface area contributed by atoms with E-state index < -0.39 is 15.7 Å². The molecule has 1 amide bonds. The van der Waals surface area contributed by atoms with Crippen LogP contribution in [0.2, 0.25) is 15.1 Å². The molecule has 2 atom stereocenters. The number of amides is 1. The van der Waals surface area contributed by atoms with Crippen LogP contribution in [0.15, 0.2) is 47.5 Å². The van der Waals surface area contributed by atoms with Gasteiger partial charge in [-0.3, -0.25) is 4.79 Å². The number of thioether (sulfide) groups is 1. The first-order valence-electron chi connectivity index (χ1n) is 8.84. The van der Waals surface area contributed by atoms with E-state index in [4.69, 9.17) is 39.5 Å². The Morgan fingerprint density at radius 2 is 1.87 bits per heavy atom. The van der Waals surface area contributed by atoms with Crippen LogP contribution >= 0.6 is 46.6 Å². The highest BCUT2D eigenvalue weighted by molar-refractivity contribution is 8.16. The molecule has 0 aromatic heterocycles. The second-order valence-corrected chi connectivity index (χ2v) is 11.4. The quantitative estimate of drug-likeness (QED) is 0.616. The molecule has 0 saturated carbocycles. The molecule has 2 saturated heterocycles. The molecule has 30 heavy (non-hydrogen) atoms. The van der Waals surface area contributed by atoms with Crippen molar-refractivity contribution in [3.8, 4) is 5.75 Å². The van der Waals surface area contributed by atoms with Gasteiger partial charge in [-0.25, -0.2) is 8.42 Å². The van der Waals surface area contributed by atoms with Crippen molar-refractivity contribution in [3.05, 3.63) is 57.5 Å². The molecule has 11 heteroatoms. The number of ether oxygens (including phenoxy) is 1. The zero-order valence-electron chi connectivity index (χ0n) is 15.3. The molecule has 0 spiro atoms. The van der Waals surface area contributed by atoms with Crippen molar-refractivity contribution in [2.75, 3.05) is 23.0 Å². The van der Waals surface area contributed by atoms with Crippen LogP contribution in [0.1, 0.15) is 0 Å². The highest BCUT2D eigenvalue weighted by Gasteiger charge is 2.49. The average Bonchev–Trinajstić information content (AvgIpc) is 3.14. The van der Waals surface area contributed by atoms with Gasteiger partial charge < -0.3 is 9.64 Å². The third-order valence-electron chi connectivity index (χ3n) is 4.65. The molecule has 0 bridgehead atoms. The van der Waals surface area contributed by atoms with E-state index in [1.807, 2.05) is 0 Å². The summed E-state index contributed by atoms with van der Waals surface area (Å²) in [6, 6.07) is 11.3. The fraction of sp³-hybridized carbons (Fsp3) is 0.263. The SMILES string of the molecule is O=C(COc1ccc(Cl)cc1)N=C1S[C@@H]2CS(=O)(=O)C[C@H]2N1c1cccc(Cl)c1Cl. The first-order chi connectivity index (χ1) is 14.2. The molecule has 2 aliphatic heterocycles. The number of carbonyl (C=O) groups is 1. The number of amidine groups is 1. The van der Waals surface area contributed by atoms with Crippen LogP contribution in [0.25, 0.3) is 0 Å². The fourth-order valence-electron chi connectivity index (χ4n) is 3.34. The summed E-state index contributed by atoms with van der Waals surface area (Å²) in [5, 5.41) is 1.32. The molecule has 4 rings (SSSR count). The maximum absolute atomic E-state index is 12.5. The van der Waals surface area contributed by atoms with Crippen LogP contribution in [-0.4, -0.2) is 48.9 Å². The largest absolute Gasteiger partial charge is 0.484 e. The minimum absolute atomic E-state index is 0.0193. The third-order valence-corrected chi connectivity index (χ3v) is 8.92. The first kappa shape index (κ1) is 21.8. The third kappa shape index (κ3) is 4.57. The Morgan fingerprint density at radius 3 is 2.60 bits per heavy atom. The number of hydrogen-bond acceptors (Lipinski definition) is 5. The number of nitrogens with zero attached hydrogens (tertiary/aromatic N) is 2. The van der Waals surface area contributed by atoms with E-state index in [9.17, 15) is 13.2 Å². The van der Waals surface area contributed by atoms with E-state index in [0.717, 1.165) is 0 Å². The van der Waals surface area contributed by atoms with E-state index in [1.165, 1.54) is 11.8 Å². The second kappa shape index (κ2) is 8.59. The van der Waals surface area contributed by atoms with E-state index in [-0.39, 0.29) is 34.4 Å². The standard InChI is InChI=1S/C19H15Cl3N2O4S2/c20-11-4-6-12(7-5-11)28-8-17(25)23-19-24(14-3-1-2-13(21)18(14)22)15-9-30(26,27)10-16(15)29-19/h1-7,15-16H,8-10H2/t15-,16-/m1/s1. The van der Waals surface area contributed by atoms with Crippen LogP contribution < -0.4 is 9.64 Å². The van der Waals surface area contributed by atoms with Crippen molar-refractivity contribution in [1.82, 2.24) is 0 Å². The van der Waals surface area contributed by atoms with Gasteiger partial charge in [0, 0.05) is 10.3 Å². The lowest BCUT2D eigenvalue weighted by atomic mass is 10.2. The van der Waals surface area contributed by atoms with E-state index in [1.54, 1.807) is 47.4 Å². The van der Waals surface area contributed by atoms with Gasteiger partial charge in [-0.2, -0.15) is 4.99 Å². The van der Waals surface area contributed by atoms with E-state index in [2.05, 4.69) is 4.99 Å². The molecule has 2 heterocycles. The summed E-state index contributed by atoms with van der Waals surface area (Å²) in [5.74, 6) is -0.0313. The molecule has 0 radical (unpaired) electrons. The van der Waals surface area contributed by atoms with E-state index in [0.29, 0.717) is 26.6 Å². The van der Waals surface area contributed by atoms with Gasteiger partial charge >= 0.3 is 0 Å². The fourth-order valence-corrected chi connectivity index (χ4v) is 7.78. The highest BCUT2D eigenvalue weighted by atomic mass is 35.5. The Hall–Kier alpha value is -1.45. The van der Waals surface area contributed by atoms with Crippen LogP contribution in [0.4, 0.5) is 5.69 Å². The minimum atomic E-state index is -3.19. The van der Waals surface area contributed by atoms with Crippen LogP contribution in [0.5, 0.6) is 5.75 Å². The normalized spacial score (nSPS) is 23.6. The maximum atomic E-state index is 12.5. The average molecular weight is 506 g/mol. The molecule has 158 valence electrons. The van der Waals surface area contributed by atoms with Crippen molar-refractivity contribution in [1.29, 1.82) is 0 Å². The van der Waals surface area contributed by atoms with E-state index >= 15 is 0 Å². The Kier molecular flexibility index (Phi) is 6.23. The lowest BCUT2D eigenvalue weighted by Crippen LogP contribution is -2.38. The van der Waals surface area contributed by atoms with Crippen molar-refractivity contribution in [2.45, 2.75) is 11.3 Å². The Balaban J connectivity index is 1.59. The molecular formula is C19H15Cl3N2O4S2. The van der Waals surface area contributed by atoms with Gasteiger partial charge in [0.2, 0.25) is 0 Å². The number of carbonyl (C=O) groups excluding carboxylic acids is 1. The highest BCUT2D eigenvalue weighted by Crippen LogP contribution is 2.44. The number of sulfone groups is 1. The summed E-state index contributed by atoms with van der Waals surface area (Å²) < 4.78 is 29.8. The van der Waals surface area contributed by atoms with Gasteiger partial charge in [0.25, 0.3) is 5.91 Å². The minimum Gasteiger partial charge on any atom is -0.484 e. The Bertz CT molecular complexity index is 1120. The first-order valence-corrected chi connectivity index (χ1v) is 12.7. The molecule has 2 aliphatic rings. The Labute approximate surface area is 193 Å². The van der Waals surface area contributed by atoms with Crippen molar-refractivity contribution >= 4 is 73.2 Å². The summed E-state index contributed by atoms with van der Waals surface area (Å²) in [4.78, 5) is 18.3. The van der Waals surface area contributed by atoms with Gasteiger partial charge in [-0.05, 0) is 36.4 Å². The summed E-state index contributed by atoms with van der Waals surface area (Å²) in [6.45, 7) is -0.267. The number of rotatable bonds is 4. The summed E-state index contributed by atoms with van der Waals surface area (Å²) in [7, 11) is -3.19. The summed E-state index contributed by atoms with van der Waals surface area (Å²) >= 11 is 19.6. The molecule has 0 aliphatic carbocycles. The predicted octanol–water partition coefficient (Wildman–Crippen LogP) is 4.33. The molecule has 2 aromatic carbocycles. The van der Waals surface area contributed by atoms with Crippen LogP contribution in [0, 0.1) is 0 Å². The monoisotopic (exact) mass is 504 g/mol. The maximum Gasteiger partial charge on any atom is 0.285 e. The van der Waals surface area contributed by atoms with Gasteiger partial charge in [-0.1, -0.05) is 52.6 Å². The van der Waals surface area contributed by atoms with Gasteiger partial charge in [0.1, 0.15) is 5.75 Å². The number of aliphatic imine (C=N–C) groups is 1. The number of fused-ring (bicyclic) bond motifs is 1. The molecule has 2 fully saturated rings. The van der Waals surface area contributed by atoms with Crippen molar-refractivity contribution in [3.63, 3.8) is 0 Å². The van der Waals surface area contributed by atoms with Gasteiger partial charge in [0.05, 0.1) is 33.3 Å². The molecular weight excluding hydrogens is 491 g/mol. The molecule has 2 aromatic rings. The van der Waals surface area contributed by atoms with Crippen LogP contribution in [0.3, 0.4) is 0 Å². The molecule has 0 unspecified atom stereocenters. The summed E-state index contributed by atoms with van der Waals surface area (Å²) in [6.07, 6.45) is 0. The topological polar surface area (TPSA) is 76.0 Å².